The Bertz CT molecular complexity index is 1060. The monoisotopic (exact) mass is 399 g/mol. The number of ether oxygens (including phenoxy) is 1. The minimum atomic E-state index is -0.583. The zero-order valence-electron chi connectivity index (χ0n) is 14.6. The number of anilines is 2. The summed E-state index contributed by atoms with van der Waals surface area (Å²) in [6, 6.07) is 7.10. The maximum Gasteiger partial charge on any atom is 0.349 e. The number of para-hydroxylation sites is 1. The Hall–Kier alpha value is -2.91. The van der Waals surface area contributed by atoms with Crippen LogP contribution in [-0.2, 0) is 4.79 Å². The Balaban J connectivity index is 1.77. The van der Waals surface area contributed by atoms with E-state index in [4.69, 9.17) is 10.5 Å². The van der Waals surface area contributed by atoms with E-state index in [0.29, 0.717) is 22.3 Å². The summed E-state index contributed by atoms with van der Waals surface area (Å²) in [6.45, 7) is 1.88. The van der Waals surface area contributed by atoms with Gasteiger partial charge in [0.2, 0.25) is 5.95 Å². The number of nitrogens with zero attached hydrogens (tertiary/aromatic N) is 3. The van der Waals surface area contributed by atoms with Gasteiger partial charge in [-0.1, -0.05) is 23.5 Å². The summed E-state index contributed by atoms with van der Waals surface area (Å²) in [5.74, 6) is 0.283. The molecule has 0 aliphatic heterocycles. The molecule has 3 rings (SSSR count). The minimum absolute atomic E-state index is 0.150. The molecule has 3 aromatic rings. The second-order valence-electron chi connectivity index (χ2n) is 5.46. The van der Waals surface area contributed by atoms with Gasteiger partial charge in [0.1, 0.15) is 5.52 Å². The number of aromatic nitrogens is 3. The summed E-state index contributed by atoms with van der Waals surface area (Å²) in [6.07, 6.45) is 4.97. The van der Waals surface area contributed by atoms with E-state index in [-0.39, 0.29) is 4.91 Å². The topological polar surface area (TPSA) is 103 Å². The molecule has 7 nitrogen and oxygen atoms in total. The van der Waals surface area contributed by atoms with Gasteiger partial charge < -0.3 is 15.8 Å². The van der Waals surface area contributed by atoms with Gasteiger partial charge in [0.15, 0.2) is 10.9 Å². The Kier molecular flexibility index (Phi) is 5.72. The minimum Gasteiger partial charge on any atom is -0.420 e. The average molecular weight is 400 g/mol. The van der Waals surface area contributed by atoms with Gasteiger partial charge >= 0.3 is 5.97 Å². The van der Waals surface area contributed by atoms with Crippen molar-refractivity contribution in [1.82, 2.24) is 15.0 Å². The summed E-state index contributed by atoms with van der Waals surface area (Å²) in [4.78, 5) is 25.1. The van der Waals surface area contributed by atoms with E-state index in [9.17, 15) is 4.79 Å². The van der Waals surface area contributed by atoms with Crippen LogP contribution in [-0.4, -0.2) is 28.0 Å². The van der Waals surface area contributed by atoms with Gasteiger partial charge in [-0.15, -0.1) is 12.6 Å². The zero-order valence-corrected chi connectivity index (χ0v) is 16.3. The fourth-order valence-electron chi connectivity index (χ4n) is 2.23. The molecule has 2 heterocycles. The van der Waals surface area contributed by atoms with Crippen LogP contribution in [0.3, 0.4) is 0 Å². The fourth-order valence-corrected chi connectivity index (χ4v) is 3.10. The number of rotatable bonds is 5. The third kappa shape index (κ3) is 4.44. The number of thiazole rings is 1. The maximum absolute atomic E-state index is 12.3. The molecule has 1 aromatic carbocycles. The van der Waals surface area contributed by atoms with Crippen LogP contribution in [0.2, 0.25) is 0 Å². The maximum atomic E-state index is 12.3. The van der Waals surface area contributed by atoms with Crippen molar-refractivity contribution < 1.29 is 9.53 Å². The molecule has 9 heteroatoms. The smallest absolute Gasteiger partial charge is 0.349 e. The molecule has 0 radical (unpaired) electrons. The second-order valence-corrected chi connectivity index (χ2v) is 7.01. The van der Waals surface area contributed by atoms with E-state index in [1.54, 1.807) is 43.6 Å². The van der Waals surface area contributed by atoms with E-state index in [0.717, 1.165) is 16.0 Å². The zero-order chi connectivity index (χ0) is 19.4. The molecule has 0 atom stereocenters. The molecular weight excluding hydrogens is 382 g/mol. The van der Waals surface area contributed by atoms with Crippen molar-refractivity contribution in [3.05, 3.63) is 53.2 Å². The van der Waals surface area contributed by atoms with E-state index in [1.807, 2.05) is 13.0 Å². The second kappa shape index (κ2) is 8.19. The number of thiol groups is 1. The summed E-state index contributed by atoms with van der Waals surface area (Å²) in [5.41, 5.74) is 7.87. The third-order valence-corrected chi connectivity index (χ3v) is 4.77. The van der Waals surface area contributed by atoms with Crippen molar-refractivity contribution in [2.24, 2.45) is 0 Å². The highest BCUT2D eigenvalue weighted by molar-refractivity contribution is 7.85. The molecular formula is C18H17N5O2S2. The summed E-state index contributed by atoms with van der Waals surface area (Å²) >= 11 is 5.57. The lowest BCUT2D eigenvalue weighted by Gasteiger charge is -2.05. The first-order valence-corrected chi connectivity index (χ1v) is 9.20. The number of nitrogens with two attached hydrogens (primary N) is 1. The highest BCUT2D eigenvalue weighted by Gasteiger charge is 2.13. The van der Waals surface area contributed by atoms with Crippen LogP contribution in [0.1, 0.15) is 12.6 Å². The Morgan fingerprint density at radius 2 is 2.11 bits per heavy atom. The van der Waals surface area contributed by atoms with E-state index in [1.165, 1.54) is 11.3 Å². The molecule has 0 aliphatic rings. The Morgan fingerprint density at radius 1 is 1.30 bits per heavy atom. The molecule has 3 N–H and O–H groups in total. The summed E-state index contributed by atoms with van der Waals surface area (Å²) in [5, 5.41) is 3.30. The molecule has 0 fully saturated rings. The first-order valence-electron chi connectivity index (χ1n) is 7.94. The highest BCUT2D eigenvalue weighted by Crippen LogP contribution is 2.31. The van der Waals surface area contributed by atoms with Gasteiger partial charge in [0.25, 0.3) is 0 Å². The molecule has 0 amide bonds. The van der Waals surface area contributed by atoms with E-state index < -0.39 is 5.97 Å². The molecule has 0 aliphatic carbocycles. The van der Waals surface area contributed by atoms with Crippen LogP contribution < -0.4 is 15.8 Å². The largest absolute Gasteiger partial charge is 0.420 e. The molecule has 0 saturated heterocycles. The quantitative estimate of drug-likeness (QED) is 0.198. The average Bonchev–Trinajstić information content (AvgIpc) is 3.07. The van der Waals surface area contributed by atoms with Gasteiger partial charge in [-0.3, -0.25) is 0 Å². The fraction of sp³-hybridized carbons (Fsp3) is 0.111. The van der Waals surface area contributed by atoms with Crippen molar-refractivity contribution in [2.45, 2.75) is 6.92 Å². The standard InChI is InChI=1S/C18H17N5O2S2/c1-10(11-8-9-21-18(20-2)22-11)6-7-13(26)16(24)25-12-4-3-5-14-15(12)23-17(19)27-14/h3-9,26H,1-2H3,(H2,19,23)(H,20,21,22)/b10-6+,13-7-. The first-order chi connectivity index (χ1) is 13.0. The molecule has 2 aromatic heterocycles. The number of carbonyl (C=O) groups excluding carboxylic acids is 1. The van der Waals surface area contributed by atoms with Gasteiger partial charge in [-0.05, 0) is 36.8 Å². The van der Waals surface area contributed by atoms with Crippen LogP contribution in [0.5, 0.6) is 5.75 Å². The lowest BCUT2D eigenvalue weighted by atomic mass is 10.2. The van der Waals surface area contributed by atoms with Gasteiger partial charge in [0.05, 0.1) is 15.3 Å². The van der Waals surface area contributed by atoms with Crippen LogP contribution in [0, 0.1) is 0 Å². The molecule has 0 saturated carbocycles. The normalized spacial score (nSPS) is 12.3. The van der Waals surface area contributed by atoms with Crippen LogP contribution >= 0.6 is 24.0 Å². The number of allylic oxidation sites excluding steroid dienone is 3. The molecule has 0 unspecified atom stereocenters. The number of nitrogen functional groups attached to an aromatic ring is 1. The highest BCUT2D eigenvalue weighted by atomic mass is 32.1. The van der Waals surface area contributed by atoms with Crippen LogP contribution in [0.15, 0.2) is 47.5 Å². The van der Waals surface area contributed by atoms with Crippen LogP contribution in [0.25, 0.3) is 15.8 Å². The number of nitrogens with one attached hydrogen (secondary N) is 1. The lowest BCUT2D eigenvalue weighted by molar-refractivity contribution is -0.129. The number of benzene rings is 1. The first kappa shape index (κ1) is 18.9. The van der Waals surface area contributed by atoms with Crippen molar-refractivity contribution in [3.63, 3.8) is 0 Å². The van der Waals surface area contributed by atoms with Crippen LogP contribution in [0.4, 0.5) is 11.1 Å². The number of esters is 1. The number of carbonyl (C=O) groups is 1. The molecule has 138 valence electrons. The third-order valence-electron chi connectivity index (χ3n) is 3.58. The van der Waals surface area contributed by atoms with Crippen molar-refractivity contribution in [1.29, 1.82) is 0 Å². The number of hydrogen-bond donors (Lipinski definition) is 3. The predicted molar refractivity (Wildman–Crippen MR) is 112 cm³/mol. The number of hydrogen-bond acceptors (Lipinski definition) is 9. The van der Waals surface area contributed by atoms with Crippen molar-refractivity contribution in [3.8, 4) is 5.75 Å². The lowest BCUT2D eigenvalue weighted by Crippen LogP contribution is -2.08. The van der Waals surface area contributed by atoms with Gasteiger partial charge in [-0.25, -0.2) is 19.7 Å². The van der Waals surface area contributed by atoms with Crippen molar-refractivity contribution >= 4 is 56.8 Å². The Morgan fingerprint density at radius 3 is 2.89 bits per heavy atom. The van der Waals surface area contributed by atoms with Gasteiger partial charge in [-0.2, -0.15) is 0 Å². The Labute approximate surface area is 165 Å². The van der Waals surface area contributed by atoms with Gasteiger partial charge in [0, 0.05) is 13.2 Å². The number of fused-ring (bicyclic) bond motifs is 1. The summed E-state index contributed by atoms with van der Waals surface area (Å²) in [7, 11) is 1.75. The molecule has 27 heavy (non-hydrogen) atoms. The predicted octanol–water partition coefficient (Wildman–Crippen LogP) is 3.53. The molecule has 0 bridgehead atoms. The SMILES string of the molecule is CNc1nccc(/C(C)=C/C=C(\S)C(=O)Oc2cccc3sc(N)nc23)n1. The van der Waals surface area contributed by atoms with E-state index in [2.05, 4.69) is 32.9 Å². The van der Waals surface area contributed by atoms with E-state index >= 15 is 0 Å². The summed E-state index contributed by atoms with van der Waals surface area (Å²) < 4.78 is 6.27. The molecule has 0 spiro atoms. The van der Waals surface area contributed by atoms with Crippen molar-refractivity contribution in [2.75, 3.05) is 18.1 Å².